The van der Waals surface area contributed by atoms with Crippen molar-refractivity contribution in [2.24, 2.45) is 0 Å². The molecule has 7 heteroatoms. The molecule has 0 amide bonds. The maximum atomic E-state index is 13.1. The van der Waals surface area contributed by atoms with Gasteiger partial charge in [-0.3, -0.25) is 0 Å². The topological polar surface area (TPSA) is 75.1 Å². The first-order valence-corrected chi connectivity index (χ1v) is 4.59. The molecule has 0 aliphatic rings. The van der Waals surface area contributed by atoms with Crippen LogP contribution in [-0.2, 0) is 4.79 Å². The highest BCUT2D eigenvalue weighted by atomic mass is 35.5. The smallest absolute Gasteiger partial charge is 0.326 e. The predicted molar refractivity (Wildman–Crippen MR) is 52.3 cm³/mol. The highest BCUT2D eigenvalue weighted by Crippen LogP contribution is 2.13. The summed E-state index contributed by atoms with van der Waals surface area (Å²) in [6.07, 6.45) is 1.18. The maximum absolute atomic E-state index is 13.1. The van der Waals surface area contributed by atoms with Crippen molar-refractivity contribution in [3.05, 3.63) is 17.3 Å². The van der Waals surface area contributed by atoms with Gasteiger partial charge in [-0.05, 0) is 18.0 Å². The minimum atomic E-state index is -1.08. The van der Waals surface area contributed by atoms with Crippen LogP contribution in [0.2, 0.25) is 5.28 Å². The summed E-state index contributed by atoms with van der Waals surface area (Å²) in [5.41, 5.74) is 0. The summed E-state index contributed by atoms with van der Waals surface area (Å²) < 4.78 is 13.1. The number of hydrogen-bond donors (Lipinski definition) is 2. The lowest BCUT2D eigenvalue weighted by atomic mass is 10.2. The van der Waals surface area contributed by atoms with Crippen LogP contribution < -0.4 is 5.32 Å². The standard InChI is InChI=1S/C8H9ClFN3O2/c1-2-5(7(14)15)12-6-4(10)3-11-8(9)13-6/h3,5H,2H2,1H3,(H,14,15)(H,11,12,13). The van der Waals surface area contributed by atoms with Crippen LogP contribution >= 0.6 is 11.6 Å². The Hall–Kier alpha value is -1.43. The van der Waals surface area contributed by atoms with E-state index >= 15 is 0 Å². The van der Waals surface area contributed by atoms with Crippen molar-refractivity contribution in [2.75, 3.05) is 5.32 Å². The zero-order valence-corrected chi connectivity index (χ0v) is 8.62. The van der Waals surface area contributed by atoms with Gasteiger partial charge in [0.1, 0.15) is 6.04 Å². The van der Waals surface area contributed by atoms with Crippen LogP contribution in [0.3, 0.4) is 0 Å². The first-order chi connectivity index (χ1) is 7.04. The predicted octanol–water partition coefficient (Wildman–Crippen LogP) is 1.54. The molecule has 15 heavy (non-hydrogen) atoms. The van der Waals surface area contributed by atoms with Gasteiger partial charge in [0.15, 0.2) is 11.6 Å². The third-order valence-electron chi connectivity index (χ3n) is 1.73. The molecular weight excluding hydrogens is 225 g/mol. The van der Waals surface area contributed by atoms with Gasteiger partial charge in [-0.25, -0.2) is 14.2 Å². The summed E-state index contributed by atoms with van der Waals surface area (Å²) in [7, 11) is 0. The summed E-state index contributed by atoms with van der Waals surface area (Å²) in [6.45, 7) is 1.66. The van der Waals surface area contributed by atoms with E-state index in [0.29, 0.717) is 6.42 Å². The SMILES string of the molecule is CCC(Nc1nc(Cl)ncc1F)C(=O)O. The molecule has 0 aromatic carbocycles. The zero-order chi connectivity index (χ0) is 11.4. The second kappa shape index (κ2) is 4.88. The van der Waals surface area contributed by atoms with Gasteiger partial charge >= 0.3 is 5.97 Å². The van der Waals surface area contributed by atoms with Gasteiger partial charge in [0.05, 0.1) is 6.20 Å². The number of carbonyl (C=O) groups is 1. The van der Waals surface area contributed by atoms with Crippen LogP contribution in [0.5, 0.6) is 0 Å². The number of halogens is 2. The van der Waals surface area contributed by atoms with Crippen molar-refractivity contribution in [3.8, 4) is 0 Å². The third kappa shape index (κ3) is 3.02. The van der Waals surface area contributed by atoms with E-state index in [-0.39, 0.29) is 11.1 Å². The molecule has 0 fully saturated rings. The van der Waals surface area contributed by atoms with Crippen molar-refractivity contribution in [2.45, 2.75) is 19.4 Å². The molecule has 0 spiro atoms. The minimum absolute atomic E-state index is 0.140. The number of rotatable bonds is 4. The normalized spacial score (nSPS) is 12.2. The molecule has 0 aliphatic heterocycles. The van der Waals surface area contributed by atoms with Crippen LogP contribution in [0.1, 0.15) is 13.3 Å². The third-order valence-corrected chi connectivity index (χ3v) is 1.91. The number of nitrogens with one attached hydrogen (secondary N) is 1. The number of aliphatic carboxylic acids is 1. The van der Waals surface area contributed by atoms with Gasteiger partial charge in [-0.2, -0.15) is 4.98 Å². The van der Waals surface area contributed by atoms with Gasteiger partial charge in [-0.15, -0.1) is 0 Å². The molecule has 0 saturated carbocycles. The molecule has 1 rings (SSSR count). The maximum Gasteiger partial charge on any atom is 0.326 e. The van der Waals surface area contributed by atoms with Gasteiger partial charge in [0.2, 0.25) is 5.28 Å². The van der Waals surface area contributed by atoms with E-state index in [1.165, 1.54) is 0 Å². The van der Waals surface area contributed by atoms with Crippen molar-refractivity contribution < 1.29 is 14.3 Å². The number of hydrogen-bond acceptors (Lipinski definition) is 4. The molecule has 1 unspecified atom stereocenters. The molecule has 1 atom stereocenters. The molecule has 0 saturated heterocycles. The number of aromatic nitrogens is 2. The molecule has 5 nitrogen and oxygen atoms in total. The Morgan fingerprint density at radius 3 is 3.00 bits per heavy atom. The molecule has 0 radical (unpaired) electrons. The number of carboxylic acid groups (broad SMARTS) is 1. The van der Waals surface area contributed by atoms with Crippen LogP contribution in [0.25, 0.3) is 0 Å². The summed E-state index contributed by atoms with van der Waals surface area (Å²) in [5, 5.41) is 11.0. The molecule has 0 bridgehead atoms. The highest BCUT2D eigenvalue weighted by Gasteiger charge is 2.17. The second-order valence-electron chi connectivity index (χ2n) is 2.78. The van der Waals surface area contributed by atoms with E-state index in [2.05, 4.69) is 15.3 Å². The first-order valence-electron chi connectivity index (χ1n) is 4.22. The molecule has 0 aliphatic carbocycles. The average molecular weight is 234 g/mol. The van der Waals surface area contributed by atoms with E-state index in [9.17, 15) is 9.18 Å². The van der Waals surface area contributed by atoms with Gasteiger partial charge in [0, 0.05) is 0 Å². The lowest BCUT2D eigenvalue weighted by Crippen LogP contribution is -2.29. The summed E-state index contributed by atoms with van der Waals surface area (Å²) in [5.74, 6) is -2.02. The average Bonchev–Trinajstić information content (AvgIpc) is 2.18. The summed E-state index contributed by atoms with van der Waals surface area (Å²) in [4.78, 5) is 17.6. The van der Waals surface area contributed by atoms with Crippen LogP contribution in [0, 0.1) is 5.82 Å². The lowest BCUT2D eigenvalue weighted by Gasteiger charge is -2.12. The quantitative estimate of drug-likeness (QED) is 0.772. The second-order valence-corrected chi connectivity index (χ2v) is 3.12. The molecule has 82 valence electrons. The highest BCUT2D eigenvalue weighted by molar-refractivity contribution is 6.28. The van der Waals surface area contributed by atoms with E-state index in [1.807, 2.05) is 0 Å². The monoisotopic (exact) mass is 233 g/mol. The van der Waals surface area contributed by atoms with E-state index in [4.69, 9.17) is 16.7 Å². The Labute approximate surface area is 90.3 Å². The van der Waals surface area contributed by atoms with Crippen LogP contribution in [-0.4, -0.2) is 27.1 Å². The van der Waals surface area contributed by atoms with Crippen molar-refractivity contribution >= 4 is 23.4 Å². The fourth-order valence-electron chi connectivity index (χ4n) is 0.950. The fourth-order valence-corrected chi connectivity index (χ4v) is 1.08. The van der Waals surface area contributed by atoms with E-state index < -0.39 is 17.8 Å². The lowest BCUT2D eigenvalue weighted by molar-refractivity contribution is -0.137. The van der Waals surface area contributed by atoms with Crippen molar-refractivity contribution in [1.29, 1.82) is 0 Å². The molecule has 2 N–H and O–H groups in total. The summed E-state index contributed by atoms with van der Waals surface area (Å²) >= 11 is 5.45. The molecule has 1 heterocycles. The molecule has 1 aromatic rings. The largest absolute Gasteiger partial charge is 0.480 e. The molecular formula is C8H9ClFN3O2. The number of carboxylic acids is 1. The van der Waals surface area contributed by atoms with Crippen LogP contribution in [0.15, 0.2) is 6.20 Å². The Morgan fingerprint density at radius 2 is 2.47 bits per heavy atom. The van der Waals surface area contributed by atoms with E-state index in [1.54, 1.807) is 6.92 Å². The Balaban J connectivity index is 2.87. The Bertz CT molecular complexity index is 375. The van der Waals surface area contributed by atoms with Gasteiger partial charge < -0.3 is 10.4 Å². The zero-order valence-electron chi connectivity index (χ0n) is 7.87. The number of anilines is 1. The van der Waals surface area contributed by atoms with Crippen molar-refractivity contribution in [1.82, 2.24) is 9.97 Å². The minimum Gasteiger partial charge on any atom is -0.480 e. The van der Waals surface area contributed by atoms with Gasteiger partial charge in [0.25, 0.3) is 0 Å². The van der Waals surface area contributed by atoms with Crippen LogP contribution in [0.4, 0.5) is 10.2 Å². The first kappa shape index (κ1) is 11.6. The fraction of sp³-hybridized carbons (Fsp3) is 0.375. The van der Waals surface area contributed by atoms with E-state index in [0.717, 1.165) is 6.20 Å². The molecule has 1 aromatic heterocycles. The number of nitrogens with zero attached hydrogens (tertiary/aromatic N) is 2. The summed E-state index contributed by atoms with van der Waals surface area (Å²) in [6, 6.07) is -0.898. The Morgan fingerprint density at radius 1 is 1.80 bits per heavy atom. The van der Waals surface area contributed by atoms with Gasteiger partial charge in [-0.1, -0.05) is 6.92 Å². The van der Waals surface area contributed by atoms with Crippen molar-refractivity contribution in [3.63, 3.8) is 0 Å². The Kier molecular flexibility index (Phi) is 3.79.